The highest BCUT2D eigenvalue weighted by Crippen LogP contribution is 2.29. The Hall–Kier alpha value is -2.78. The lowest BCUT2D eigenvalue weighted by Crippen LogP contribution is -2.53. The van der Waals surface area contributed by atoms with Crippen LogP contribution in [0.1, 0.15) is 18.4 Å². The van der Waals surface area contributed by atoms with E-state index in [0.717, 1.165) is 63.7 Å². The molecule has 2 saturated heterocycles. The Bertz CT molecular complexity index is 816. The molecule has 0 radical (unpaired) electrons. The molecule has 0 unspecified atom stereocenters. The van der Waals surface area contributed by atoms with Gasteiger partial charge in [0.05, 0.1) is 18.4 Å². The first-order valence-electron chi connectivity index (χ1n) is 10.0. The zero-order chi connectivity index (χ0) is 19.3. The second-order valence-electron chi connectivity index (χ2n) is 7.43. The number of benzene rings is 1. The number of nitriles is 1. The smallest absolute Gasteiger partial charge is 0.142 e. The molecule has 2 fully saturated rings. The molecule has 2 aliphatic rings. The van der Waals surface area contributed by atoms with Gasteiger partial charge in [0.15, 0.2) is 0 Å². The highest BCUT2D eigenvalue weighted by Gasteiger charge is 2.28. The predicted molar refractivity (Wildman–Crippen MR) is 111 cm³/mol. The molecule has 4 rings (SSSR count). The van der Waals surface area contributed by atoms with Crippen LogP contribution in [0, 0.1) is 11.3 Å². The number of para-hydroxylation sites is 2. The van der Waals surface area contributed by atoms with Crippen LogP contribution in [0.2, 0.25) is 0 Å². The average Bonchev–Trinajstić information content (AvgIpc) is 2.79. The summed E-state index contributed by atoms with van der Waals surface area (Å²) < 4.78 is 5.53. The lowest BCUT2D eigenvalue weighted by Gasteiger charge is -2.43. The van der Waals surface area contributed by atoms with Crippen molar-refractivity contribution in [2.75, 3.05) is 56.2 Å². The number of hydrogen-bond acceptors (Lipinski definition) is 6. The van der Waals surface area contributed by atoms with E-state index in [4.69, 9.17) is 10.00 Å². The number of ether oxygens (including phenoxy) is 1. The quantitative estimate of drug-likeness (QED) is 0.817. The third-order valence-corrected chi connectivity index (χ3v) is 5.92. The molecule has 3 heterocycles. The van der Waals surface area contributed by atoms with Gasteiger partial charge in [0, 0.05) is 51.5 Å². The van der Waals surface area contributed by atoms with Crippen LogP contribution in [-0.2, 0) is 0 Å². The minimum absolute atomic E-state index is 0.617. The van der Waals surface area contributed by atoms with Crippen molar-refractivity contribution in [3.63, 3.8) is 0 Å². The van der Waals surface area contributed by atoms with Crippen molar-refractivity contribution in [3.8, 4) is 11.8 Å². The monoisotopic (exact) mass is 377 g/mol. The summed E-state index contributed by atoms with van der Waals surface area (Å²) in [5.74, 6) is 1.94. The maximum Gasteiger partial charge on any atom is 0.142 e. The lowest BCUT2D eigenvalue weighted by atomic mass is 10.0. The van der Waals surface area contributed by atoms with Crippen molar-refractivity contribution >= 4 is 11.5 Å². The number of piperazine rings is 1. The van der Waals surface area contributed by atoms with Crippen LogP contribution in [0.25, 0.3) is 0 Å². The number of aromatic nitrogens is 1. The Morgan fingerprint density at radius 2 is 1.71 bits per heavy atom. The van der Waals surface area contributed by atoms with Crippen molar-refractivity contribution in [2.45, 2.75) is 18.9 Å². The molecule has 28 heavy (non-hydrogen) atoms. The highest BCUT2D eigenvalue weighted by molar-refractivity contribution is 5.58. The average molecular weight is 377 g/mol. The van der Waals surface area contributed by atoms with Crippen molar-refractivity contribution in [1.29, 1.82) is 5.26 Å². The minimum atomic E-state index is 0.617. The number of anilines is 2. The Morgan fingerprint density at radius 3 is 2.36 bits per heavy atom. The summed E-state index contributed by atoms with van der Waals surface area (Å²) in [6, 6.07) is 14.9. The van der Waals surface area contributed by atoms with Crippen molar-refractivity contribution < 1.29 is 4.74 Å². The fourth-order valence-corrected chi connectivity index (χ4v) is 4.32. The van der Waals surface area contributed by atoms with Gasteiger partial charge in [-0.1, -0.05) is 12.1 Å². The van der Waals surface area contributed by atoms with Crippen LogP contribution in [-0.4, -0.2) is 62.3 Å². The normalized spacial score (nSPS) is 18.7. The predicted octanol–water partition coefficient (Wildman–Crippen LogP) is 2.75. The van der Waals surface area contributed by atoms with Gasteiger partial charge in [-0.05, 0) is 37.1 Å². The summed E-state index contributed by atoms with van der Waals surface area (Å²) >= 11 is 0. The Kier molecular flexibility index (Phi) is 5.63. The molecule has 0 atom stereocenters. The van der Waals surface area contributed by atoms with Crippen molar-refractivity contribution in [1.82, 2.24) is 9.88 Å². The molecule has 0 spiro atoms. The van der Waals surface area contributed by atoms with Gasteiger partial charge in [-0.25, -0.2) is 4.98 Å². The summed E-state index contributed by atoms with van der Waals surface area (Å²) in [5, 5.41) is 8.92. The molecule has 6 nitrogen and oxygen atoms in total. The maximum absolute atomic E-state index is 8.92. The molecule has 2 aliphatic heterocycles. The summed E-state index contributed by atoms with van der Waals surface area (Å²) in [4.78, 5) is 11.9. The number of methoxy groups -OCH3 is 1. The van der Waals surface area contributed by atoms with E-state index in [2.05, 4.69) is 37.9 Å². The van der Waals surface area contributed by atoms with Crippen molar-refractivity contribution in [3.05, 3.63) is 48.2 Å². The molecule has 0 saturated carbocycles. The first-order chi connectivity index (χ1) is 13.8. The van der Waals surface area contributed by atoms with Crippen LogP contribution in [0.3, 0.4) is 0 Å². The van der Waals surface area contributed by atoms with Crippen LogP contribution >= 0.6 is 0 Å². The van der Waals surface area contributed by atoms with E-state index < -0.39 is 0 Å². The fourth-order valence-electron chi connectivity index (χ4n) is 4.32. The molecule has 146 valence electrons. The van der Waals surface area contributed by atoms with E-state index in [0.29, 0.717) is 11.6 Å². The van der Waals surface area contributed by atoms with Crippen LogP contribution < -0.4 is 14.5 Å². The van der Waals surface area contributed by atoms with Gasteiger partial charge in [-0.3, -0.25) is 4.90 Å². The first kappa shape index (κ1) is 18.6. The first-order valence-corrected chi connectivity index (χ1v) is 10.0. The van der Waals surface area contributed by atoms with Gasteiger partial charge in [0.25, 0.3) is 0 Å². The van der Waals surface area contributed by atoms with Gasteiger partial charge in [-0.15, -0.1) is 0 Å². The second-order valence-corrected chi connectivity index (χ2v) is 7.43. The number of piperidine rings is 1. The standard InChI is InChI=1S/C22H27N5O/c1-28-21-5-3-2-4-20(21)26-14-12-25(13-15-26)19-8-10-27(11-9-19)22-7-6-18(16-23)17-24-22/h2-7,17,19H,8-15H2,1H3. The molecule has 0 bridgehead atoms. The lowest BCUT2D eigenvalue weighted by molar-refractivity contribution is 0.159. The van der Waals surface area contributed by atoms with E-state index in [-0.39, 0.29) is 0 Å². The molecule has 0 N–H and O–H groups in total. The van der Waals surface area contributed by atoms with Gasteiger partial charge < -0.3 is 14.5 Å². The van der Waals surface area contributed by atoms with Gasteiger partial charge in [0.1, 0.15) is 17.6 Å². The van der Waals surface area contributed by atoms with Gasteiger partial charge in [0.2, 0.25) is 0 Å². The van der Waals surface area contributed by atoms with Crippen LogP contribution in [0.4, 0.5) is 11.5 Å². The zero-order valence-electron chi connectivity index (χ0n) is 16.4. The SMILES string of the molecule is COc1ccccc1N1CCN(C2CCN(c3ccc(C#N)cn3)CC2)CC1. The van der Waals surface area contributed by atoms with E-state index in [9.17, 15) is 0 Å². The number of hydrogen-bond donors (Lipinski definition) is 0. The topological polar surface area (TPSA) is 55.6 Å². The summed E-state index contributed by atoms with van der Waals surface area (Å²) in [7, 11) is 1.74. The second kappa shape index (κ2) is 8.49. The van der Waals surface area contributed by atoms with Gasteiger partial charge in [-0.2, -0.15) is 5.26 Å². The Labute approximate surface area is 166 Å². The molecule has 0 aliphatic carbocycles. The van der Waals surface area contributed by atoms with E-state index in [1.54, 1.807) is 13.3 Å². The summed E-state index contributed by atoms with van der Waals surface area (Å²) in [6.45, 7) is 6.32. The zero-order valence-corrected chi connectivity index (χ0v) is 16.4. The van der Waals surface area contributed by atoms with Crippen LogP contribution in [0.5, 0.6) is 5.75 Å². The molecular weight excluding hydrogens is 350 g/mol. The highest BCUT2D eigenvalue weighted by atomic mass is 16.5. The van der Waals surface area contributed by atoms with E-state index in [1.165, 1.54) is 5.69 Å². The maximum atomic E-state index is 8.92. The van der Waals surface area contributed by atoms with Gasteiger partial charge >= 0.3 is 0 Å². The Balaban J connectivity index is 1.30. The minimum Gasteiger partial charge on any atom is -0.495 e. The van der Waals surface area contributed by atoms with E-state index in [1.807, 2.05) is 24.3 Å². The van der Waals surface area contributed by atoms with Crippen molar-refractivity contribution in [2.24, 2.45) is 0 Å². The largest absolute Gasteiger partial charge is 0.495 e. The molecule has 2 aromatic rings. The third-order valence-electron chi connectivity index (χ3n) is 5.92. The molecular formula is C22H27N5O. The molecule has 1 aromatic carbocycles. The third kappa shape index (κ3) is 3.90. The number of nitrogens with zero attached hydrogens (tertiary/aromatic N) is 5. The fraction of sp³-hybridized carbons (Fsp3) is 0.455. The Morgan fingerprint density at radius 1 is 0.964 bits per heavy atom. The number of rotatable bonds is 4. The summed E-state index contributed by atoms with van der Waals surface area (Å²) in [5.41, 5.74) is 1.82. The number of pyridine rings is 1. The molecule has 0 amide bonds. The summed E-state index contributed by atoms with van der Waals surface area (Å²) in [6.07, 6.45) is 3.99. The molecule has 6 heteroatoms. The molecule has 1 aromatic heterocycles. The van der Waals surface area contributed by atoms with E-state index >= 15 is 0 Å². The van der Waals surface area contributed by atoms with Crippen LogP contribution in [0.15, 0.2) is 42.6 Å².